The van der Waals surface area contributed by atoms with Gasteiger partial charge in [-0.05, 0) is 48.4 Å². The molecule has 1 aromatic heterocycles. The smallest absolute Gasteiger partial charge is 0.478 e. The molecule has 0 aliphatic heterocycles. The molecular formula is C26H19F3N2O6. The van der Waals surface area contributed by atoms with E-state index in [0.717, 1.165) is 6.07 Å². The number of carbonyl (C=O) groups is 3. The topological polar surface area (TPSA) is 119 Å². The molecule has 0 atom stereocenters. The molecule has 0 aliphatic carbocycles. The summed E-state index contributed by atoms with van der Waals surface area (Å²) >= 11 is 0. The number of alkyl halides is 3. The van der Waals surface area contributed by atoms with E-state index in [4.69, 9.17) is 10.2 Å². The van der Waals surface area contributed by atoms with Crippen LogP contribution in [0.4, 0.5) is 13.2 Å². The monoisotopic (exact) mass is 512 g/mol. The summed E-state index contributed by atoms with van der Waals surface area (Å²) in [5.74, 6) is -2.62. The van der Waals surface area contributed by atoms with Crippen molar-refractivity contribution in [3.8, 4) is 22.6 Å². The van der Waals surface area contributed by atoms with Gasteiger partial charge in [0.05, 0.1) is 11.1 Å². The zero-order valence-electron chi connectivity index (χ0n) is 19.1. The summed E-state index contributed by atoms with van der Waals surface area (Å²) in [4.78, 5) is 31.8. The van der Waals surface area contributed by atoms with E-state index in [1.165, 1.54) is 41.2 Å². The van der Waals surface area contributed by atoms with E-state index in [2.05, 4.69) is 9.84 Å². The van der Waals surface area contributed by atoms with Crippen molar-refractivity contribution in [2.45, 2.75) is 13.3 Å². The van der Waals surface area contributed by atoms with Crippen LogP contribution >= 0.6 is 0 Å². The predicted octanol–water partition coefficient (Wildman–Crippen LogP) is 5.64. The normalized spacial score (nSPS) is 10.7. The van der Waals surface area contributed by atoms with Gasteiger partial charge in [-0.25, -0.2) is 14.3 Å². The van der Waals surface area contributed by atoms with Gasteiger partial charge in [0.25, 0.3) is 0 Å². The van der Waals surface area contributed by atoms with Gasteiger partial charge in [0, 0.05) is 11.8 Å². The van der Waals surface area contributed by atoms with Crippen LogP contribution < -0.4 is 4.74 Å². The van der Waals surface area contributed by atoms with Gasteiger partial charge in [-0.15, -0.1) is 13.2 Å². The summed E-state index contributed by atoms with van der Waals surface area (Å²) in [6.45, 7) is 1.65. The van der Waals surface area contributed by atoms with Crippen LogP contribution in [0.5, 0.6) is 5.75 Å². The molecule has 8 nitrogen and oxygen atoms in total. The number of hydrogen-bond acceptors (Lipinski definition) is 5. The fraction of sp³-hybridized carbons (Fsp3) is 0.0769. The second-order valence-corrected chi connectivity index (χ2v) is 7.57. The Labute approximate surface area is 208 Å². The van der Waals surface area contributed by atoms with Crippen molar-refractivity contribution in [1.29, 1.82) is 0 Å². The number of aldehydes is 1. The molecule has 4 aromatic rings. The highest BCUT2D eigenvalue weighted by atomic mass is 19.4. The lowest BCUT2D eigenvalue weighted by atomic mass is 10.0. The molecule has 4 rings (SSSR count). The van der Waals surface area contributed by atoms with Crippen LogP contribution in [-0.4, -0.2) is 44.6 Å². The molecule has 0 aliphatic rings. The molecule has 2 N–H and O–H groups in total. The van der Waals surface area contributed by atoms with Crippen molar-refractivity contribution < 1.29 is 42.5 Å². The maximum absolute atomic E-state index is 12.9. The number of hydrogen-bond donors (Lipinski definition) is 2. The van der Waals surface area contributed by atoms with Gasteiger partial charge in [-0.2, -0.15) is 5.10 Å². The number of nitrogens with zero attached hydrogens (tertiary/aromatic N) is 2. The van der Waals surface area contributed by atoms with E-state index >= 15 is 0 Å². The van der Waals surface area contributed by atoms with Crippen molar-refractivity contribution in [2.24, 2.45) is 0 Å². The van der Waals surface area contributed by atoms with Gasteiger partial charge in [0.2, 0.25) is 0 Å². The Balaban J connectivity index is 0.000000248. The third-order valence-electron chi connectivity index (χ3n) is 4.85. The molecule has 0 unspecified atom stereocenters. The van der Waals surface area contributed by atoms with Gasteiger partial charge < -0.3 is 14.9 Å². The number of halogens is 3. The van der Waals surface area contributed by atoms with Gasteiger partial charge in [-0.1, -0.05) is 42.5 Å². The lowest BCUT2D eigenvalue weighted by molar-refractivity contribution is -0.274. The Kier molecular flexibility index (Phi) is 8.08. The first-order chi connectivity index (χ1) is 17.5. The number of ether oxygens (including phenoxy) is 1. The standard InChI is InChI=1S/C17H11F3N2O2.C9H8O4/c18-17(19,20)24-16-14(12-5-2-1-3-6-12)7-4-8-15(16)22-10-9-13(11-23)21-22;1-5-2-6(8(10)11)4-7(3-5)9(12)13/h1-11H;2-4H,1H3,(H,10,11)(H,12,13). The lowest BCUT2D eigenvalue weighted by Crippen LogP contribution is -2.19. The third kappa shape index (κ3) is 7.04. The summed E-state index contributed by atoms with van der Waals surface area (Å²) in [6.07, 6.45) is -2.95. The molecule has 0 saturated carbocycles. The predicted molar refractivity (Wildman–Crippen MR) is 126 cm³/mol. The zero-order chi connectivity index (χ0) is 27.2. The quantitative estimate of drug-likeness (QED) is 0.321. The van der Waals surface area contributed by atoms with Gasteiger partial charge in [0.15, 0.2) is 12.0 Å². The minimum absolute atomic E-state index is 0.00241. The fourth-order valence-corrected chi connectivity index (χ4v) is 3.34. The largest absolute Gasteiger partial charge is 0.573 e. The van der Waals surface area contributed by atoms with E-state index in [-0.39, 0.29) is 33.8 Å². The van der Waals surface area contributed by atoms with Crippen molar-refractivity contribution >= 4 is 18.2 Å². The van der Waals surface area contributed by atoms with Crippen molar-refractivity contribution in [3.63, 3.8) is 0 Å². The maximum atomic E-state index is 12.9. The summed E-state index contributed by atoms with van der Waals surface area (Å²) < 4.78 is 44.1. The third-order valence-corrected chi connectivity index (χ3v) is 4.85. The highest BCUT2D eigenvalue weighted by Gasteiger charge is 2.34. The number of para-hydroxylation sites is 1. The van der Waals surface area contributed by atoms with E-state index in [9.17, 15) is 27.6 Å². The molecule has 3 aromatic carbocycles. The summed E-state index contributed by atoms with van der Waals surface area (Å²) in [6, 6.07) is 18.5. The van der Waals surface area contributed by atoms with Gasteiger partial charge in [0.1, 0.15) is 11.4 Å². The van der Waals surface area contributed by atoms with E-state index < -0.39 is 18.3 Å². The Bertz CT molecular complexity index is 1400. The number of carboxylic acid groups (broad SMARTS) is 2. The molecule has 190 valence electrons. The molecule has 0 radical (unpaired) electrons. The molecule has 0 saturated heterocycles. The molecule has 0 spiro atoms. The molecule has 0 bridgehead atoms. The number of aryl methyl sites for hydroxylation is 1. The van der Waals surface area contributed by atoms with Crippen LogP contribution in [0.25, 0.3) is 16.8 Å². The highest BCUT2D eigenvalue weighted by Crippen LogP contribution is 2.38. The van der Waals surface area contributed by atoms with Crippen molar-refractivity contribution in [1.82, 2.24) is 9.78 Å². The van der Waals surface area contributed by atoms with E-state index in [1.807, 2.05) is 0 Å². The molecule has 0 fully saturated rings. The van der Waals surface area contributed by atoms with Gasteiger partial charge in [-0.3, -0.25) is 4.79 Å². The fourth-order valence-electron chi connectivity index (χ4n) is 3.34. The number of benzene rings is 3. The average molecular weight is 512 g/mol. The highest BCUT2D eigenvalue weighted by molar-refractivity contribution is 5.94. The van der Waals surface area contributed by atoms with E-state index in [1.54, 1.807) is 43.3 Å². The summed E-state index contributed by atoms with van der Waals surface area (Å²) in [5.41, 5.74) is 1.65. The second-order valence-electron chi connectivity index (χ2n) is 7.57. The summed E-state index contributed by atoms with van der Waals surface area (Å²) in [5, 5.41) is 21.2. The zero-order valence-corrected chi connectivity index (χ0v) is 19.1. The van der Waals surface area contributed by atoms with Gasteiger partial charge >= 0.3 is 18.3 Å². The van der Waals surface area contributed by atoms with Crippen LogP contribution in [0, 0.1) is 6.92 Å². The molecule has 37 heavy (non-hydrogen) atoms. The van der Waals surface area contributed by atoms with Crippen LogP contribution in [-0.2, 0) is 0 Å². The number of carbonyl (C=O) groups excluding carboxylic acids is 1. The first kappa shape index (κ1) is 26.7. The lowest BCUT2D eigenvalue weighted by Gasteiger charge is -2.17. The second kappa shape index (κ2) is 11.2. The first-order valence-electron chi connectivity index (χ1n) is 10.5. The Morgan fingerprint density at radius 1 is 0.919 bits per heavy atom. The van der Waals surface area contributed by atoms with Crippen LogP contribution in [0.15, 0.2) is 79.0 Å². The van der Waals surface area contributed by atoms with Crippen molar-refractivity contribution in [3.05, 3.63) is 101 Å². The minimum Gasteiger partial charge on any atom is -0.478 e. The number of rotatable bonds is 6. The Hall–Kier alpha value is -4.93. The molecule has 1 heterocycles. The maximum Gasteiger partial charge on any atom is 0.573 e. The van der Waals surface area contributed by atoms with Crippen LogP contribution in [0.2, 0.25) is 0 Å². The van der Waals surface area contributed by atoms with Crippen molar-refractivity contribution in [2.75, 3.05) is 0 Å². The molecule has 11 heteroatoms. The number of aromatic carboxylic acids is 2. The van der Waals surface area contributed by atoms with Crippen LogP contribution in [0.1, 0.15) is 36.8 Å². The average Bonchev–Trinajstić information content (AvgIpc) is 3.33. The minimum atomic E-state index is -4.86. The Morgan fingerprint density at radius 2 is 1.54 bits per heavy atom. The molecular weight excluding hydrogens is 493 g/mol. The van der Waals surface area contributed by atoms with Crippen LogP contribution in [0.3, 0.4) is 0 Å². The number of aromatic nitrogens is 2. The molecule has 0 amide bonds. The Morgan fingerprint density at radius 3 is 2.05 bits per heavy atom. The van der Waals surface area contributed by atoms with E-state index in [0.29, 0.717) is 17.4 Å². The summed E-state index contributed by atoms with van der Waals surface area (Å²) in [7, 11) is 0. The SMILES string of the molecule is Cc1cc(C(=O)O)cc(C(=O)O)c1.O=Cc1ccn(-c2cccc(-c3ccccc3)c2OC(F)(F)F)n1. The number of carboxylic acids is 2. The first-order valence-corrected chi connectivity index (χ1v) is 10.5.